The molecule has 146 valence electrons. The molecule has 9 heteroatoms. The van der Waals surface area contributed by atoms with Crippen LogP contribution in [0.4, 0.5) is 4.79 Å². The molecular formula is C18H20INO6S. The van der Waals surface area contributed by atoms with Gasteiger partial charge >= 0.3 is 5.97 Å². The van der Waals surface area contributed by atoms with E-state index in [1.165, 1.54) is 12.0 Å². The minimum Gasteiger partial charge on any atom is -0.490 e. The van der Waals surface area contributed by atoms with E-state index in [-0.39, 0.29) is 23.8 Å². The normalized spacial score (nSPS) is 15.6. The number of hydrogen-bond donors (Lipinski definition) is 0. The zero-order chi connectivity index (χ0) is 20.1. The van der Waals surface area contributed by atoms with Crippen molar-refractivity contribution >= 4 is 57.5 Å². The van der Waals surface area contributed by atoms with E-state index in [2.05, 4.69) is 27.3 Å². The van der Waals surface area contributed by atoms with Crippen LogP contribution in [0.5, 0.6) is 11.5 Å². The Balaban J connectivity index is 2.34. The molecule has 0 N–H and O–H groups in total. The van der Waals surface area contributed by atoms with E-state index in [9.17, 15) is 14.4 Å². The van der Waals surface area contributed by atoms with Gasteiger partial charge in [-0.15, -0.1) is 0 Å². The summed E-state index contributed by atoms with van der Waals surface area (Å²) in [6.45, 7) is 5.58. The summed E-state index contributed by atoms with van der Waals surface area (Å²) in [4.78, 5) is 37.4. The van der Waals surface area contributed by atoms with Gasteiger partial charge in [0.05, 0.1) is 22.2 Å². The molecule has 0 unspecified atom stereocenters. The fourth-order valence-electron chi connectivity index (χ4n) is 2.34. The maximum Gasteiger partial charge on any atom is 0.343 e. The predicted octanol–water partition coefficient (Wildman–Crippen LogP) is 3.69. The molecule has 1 aromatic rings. The Morgan fingerprint density at radius 2 is 2.00 bits per heavy atom. The third-order valence-electron chi connectivity index (χ3n) is 3.53. The summed E-state index contributed by atoms with van der Waals surface area (Å²) in [5.41, 5.74) is 0.697. The van der Waals surface area contributed by atoms with Gasteiger partial charge in [0.15, 0.2) is 18.1 Å². The molecule has 1 aliphatic heterocycles. The van der Waals surface area contributed by atoms with Crippen molar-refractivity contribution < 1.29 is 28.6 Å². The van der Waals surface area contributed by atoms with Gasteiger partial charge in [0.2, 0.25) is 0 Å². The van der Waals surface area contributed by atoms with E-state index in [4.69, 9.17) is 9.47 Å². The summed E-state index contributed by atoms with van der Waals surface area (Å²) in [5, 5.41) is -0.279. The number of carbonyl (C=O) groups is 3. The Morgan fingerprint density at radius 1 is 1.30 bits per heavy atom. The molecule has 27 heavy (non-hydrogen) atoms. The van der Waals surface area contributed by atoms with Gasteiger partial charge in [-0.05, 0) is 78.9 Å². The average Bonchev–Trinajstić information content (AvgIpc) is 2.87. The topological polar surface area (TPSA) is 82.1 Å². The lowest BCUT2D eigenvalue weighted by Gasteiger charge is -2.16. The highest BCUT2D eigenvalue weighted by Gasteiger charge is 2.36. The first kappa shape index (κ1) is 21.5. The fraction of sp³-hybridized carbons (Fsp3) is 0.389. The van der Waals surface area contributed by atoms with Gasteiger partial charge in [-0.3, -0.25) is 14.5 Å². The molecule has 1 fully saturated rings. The van der Waals surface area contributed by atoms with Crippen LogP contribution in [0.25, 0.3) is 6.08 Å². The molecule has 0 bridgehead atoms. The fourth-order valence-corrected chi connectivity index (χ4v) is 4.08. The van der Waals surface area contributed by atoms with Crippen LogP contribution in [-0.4, -0.2) is 48.4 Å². The van der Waals surface area contributed by atoms with E-state index < -0.39 is 5.97 Å². The molecule has 7 nitrogen and oxygen atoms in total. The molecule has 0 atom stereocenters. The second-order valence-electron chi connectivity index (χ2n) is 5.77. The molecule has 1 aromatic carbocycles. The van der Waals surface area contributed by atoms with E-state index in [0.717, 1.165) is 11.8 Å². The molecule has 1 heterocycles. The third kappa shape index (κ3) is 5.16. The summed E-state index contributed by atoms with van der Waals surface area (Å²) in [5.74, 6) is 0.0663. The van der Waals surface area contributed by atoms with Gasteiger partial charge < -0.3 is 14.2 Å². The average molecular weight is 505 g/mol. The zero-order valence-corrected chi connectivity index (χ0v) is 18.4. The van der Waals surface area contributed by atoms with Crippen LogP contribution in [0.2, 0.25) is 0 Å². The summed E-state index contributed by atoms with van der Waals surface area (Å²) in [6.07, 6.45) is 1.65. The Morgan fingerprint density at radius 3 is 2.56 bits per heavy atom. The van der Waals surface area contributed by atoms with Crippen LogP contribution in [0.3, 0.4) is 0 Å². The van der Waals surface area contributed by atoms with Crippen LogP contribution in [-0.2, 0) is 14.3 Å². The number of carbonyl (C=O) groups excluding carboxylic acids is 3. The standard InChI is InChI=1S/C18H20INO6S/c1-5-25-13-7-11(6-12(19)16(13)26-9-15(21)24-4)8-14-17(22)20(10(2)3)18(23)27-14/h6-8,10H,5,9H2,1-4H3/b14-8+. The van der Waals surface area contributed by atoms with Gasteiger partial charge in [0.1, 0.15) is 0 Å². The number of methoxy groups -OCH3 is 1. The molecule has 0 aromatic heterocycles. The van der Waals surface area contributed by atoms with Crippen LogP contribution in [0, 0.1) is 3.57 Å². The highest BCUT2D eigenvalue weighted by molar-refractivity contribution is 14.1. The first-order valence-electron chi connectivity index (χ1n) is 8.21. The number of imide groups is 1. The van der Waals surface area contributed by atoms with E-state index in [1.54, 1.807) is 32.1 Å². The monoisotopic (exact) mass is 505 g/mol. The molecule has 0 saturated carbocycles. The smallest absolute Gasteiger partial charge is 0.343 e. The molecule has 0 aliphatic carbocycles. The number of benzene rings is 1. The van der Waals surface area contributed by atoms with E-state index in [1.807, 2.05) is 6.92 Å². The predicted molar refractivity (Wildman–Crippen MR) is 111 cm³/mol. The number of esters is 1. The highest BCUT2D eigenvalue weighted by Crippen LogP contribution is 2.38. The molecule has 0 radical (unpaired) electrons. The first-order valence-corrected chi connectivity index (χ1v) is 10.1. The SMILES string of the molecule is CCOc1cc(/C=C2/SC(=O)N(C(C)C)C2=O)cc(I)c1OCC(=O)OC. The van der Waals surface area contributed by atoms with Crippen molar-refractivity contribution in [3.63, 3.8) is 0 Å². The number of halogens is 1. The van der Waals surface area contributed by atoms with E-state index in [0.29, 0.717) is 32.1 Å². The van der Waals surface area contributed by atoms with Gasteiger partial charge in [-0.1, -0.05) is 0 Å². The van der Waals surface area contributed by atoms with Crippen molar-refractivity contribution in [2.24, 2.45) is 0 Å². The van der Waals surface area contributed by atoms with Gasteiger partial charge in [0, 0.05) is 6.04 Å². The van der Waals surface area contributed by atoms with Gasteiger partial charge in [-0.2, -0.15) is 0 Å². The zero-order valence-electron chi connectivity index (χ0n) is 15.4. The maximum absolute atomic E-state index is 12.4. The van der Waals surface area contributed by atoms with Crippen LogP contribution < -0.4 is 9.47 Å². The summed E-state index contributed by atoms with van der Waals surface area (Å²) < 4.78 is 16.4. The van der Waals surface area contributed by atoms with Crippen molar-refractivity contribution in [1.82, 2.24) is 4.90 Å². The summed E-state index contributed by atoms with van der Waals surface area (Å²) in [6, 6.07) is 3.30. The maximum atomic E-state index is 12.4. The Labute approximate surface area is 175 Å². The van der Waals surface area contributed by atoms with Crippen LogP contribution in [0.1, 0.15) is 26.3 Å². The Bertz CT molecular complexity index is 792. The molecule has 1 aliphatic rings. The molecule has 1 saturated heterocycles. The lowest BCUT2D eigenvalue weighted by Crippen LogP contribution is -2.34. The lowest BCUT2D eigenvalue weighted by molar-refractivity contribution is -0.143. The van der Waals surface area contributed by atoms with Crippen molar-refractivity contribution in [2.45, 2.75) is 26.8 Å². The first-order chi connectivity index (χ1) is 12.8. The Hall–Kier alpha value is -1.75. The molecule has 2 amide bonds. The quantitative estimate of drug-likeness (QED) is 0.318. The molecular weight excluding hydrogens is 485 g/mol. The second-order valence-corrected chi connectivity index (χ2v) is 7.93. The number of amides is 2. The molecule has 0 spiro atoms. The summed E-state index contributed by atoms with van der Waals surface area (Å²) in [7, 11) is 1.29. The number of nitrogens with zero attached hydrogens (tertiary/aromatic N) is 1. The van der Waals surface area contributed by atoms with Gasteiger partial charge in [-0.25, -0.2) is 4.79 Å². The largest absolute Gasteiger partial charge is 0.490 e. The van der Waals surface area contributed by atoms with Crippen LogP contribution >= 0.6 is 34.4 Å². The lowest BCUT2D eigenvalue weighted by atomic mass is 10.1. The highest BCUT2D eigenvalue weighted by atomic mass is 127. The number of rotatable bonds is 7. The van der Waals surface area contributed by atoms with Crippen molar-refractivity contribution in [3.8, 4) is 11.5 Å². The number of hydrogen-bond acceptors (Lipinski definition) is 7. The van der Waals surface area contributed by atoms with E-state index >= 15 is 0 Å². The van der Waals surface area contributed by atoms with Gasteiger partial charge in [0.25, 0.3) is 11.1 Å². The second kappa shape index (κ2) is 9.45. The van der Waals surface area contributed by atoms with Crippen molar-refractivity contribution in [3.05, 3.63) is 26.2 Å². The Kier molecular flexibility index (Phi) is 7.54. The van der Waals surface area contributed by atoms with Crippen LogP contribution in [0.15, 0.2) is 17.0 Å². The number of thioether (sulfide) groups is 1. The number of ether oxygens (including phenoxy) is 3. The summed E-state index contributed by atoms with van der Waals surface area (Å²) >= 11 is 2.98. The van der Waals surface area contributed by atoms with Crippen molar-refractivity contribution in [1.29, 1.82) is 0 Å². The third-order valence-corrected chi connectivity index (χ3v) is 5.22. The van der Waals surface area contributed by atoms with Crippen molar-refractivity contribution in [2.75, 3.05) is 20.3 Å². The minimum atomic E-state index is -0.500. The minimum absolute atomic E-state index is 0.198. The molecule has 2 rings (SSSR count).